The van der Waals surface area contributed by atoms with Crippen molar-refractivity contribution >= 4 is 58.2 Å². The van der Waals surface area contributed by atoms with Crippen LogP contribution in [0, 0.1) is 16.7 Å². The maximum Gasteiger partial charge on any atom is 0.0817 e. The van der Waals surface area contributed by atoms with Gasteiger partial charge in [0.25, 0.3) is 0 Å². The fraction of sp³-hybridized carbons (Fsp3) is 0.385. The highest BCUT2D eigenvalue weighted by Gasteiger charge is 2.22. The van der Waals surface area contributed by atoms with E-state index in [-0.39, 0.29) is 5.41 Å². The second-order valence-electron chi connectivity index (χ2n) is 4.19. The molecule has 0 fully saturated rings. The molecule has 0 aliphatic carbocycles. The first-order chi connectivity index (χ1) is 8.61. The van der Waals surface area contributed by atoms with E-state index in [1.807, 2.05) is 37.3 Å². The van der Waals surface area contributed by atoms with Crippen LogP contribution in [-0.4, -0.2) is 14.8 Å². The van der Waals surface area contributed by atoms with Gasteiger partial charge < -0.3 is 0 Å². The van der Waals surface area contributed by atoms with Crippen LogP contribution in [0.5, 0.6) is 0 Å². The van der Waals surface area contributed by atoms with Crippen molar-refractivity contribution in [1.82, 2.24) is 0 Å². The Balaban J connectivity index is 2.43. The lowest BCUT2D eigenvalue weighted by molar-refractivity contribution is 0.495. The maximum absolute atomic E-state index is 9.21. The number of halogens is 1. The lowest BCUT2D eigenvalue weighted by Crippen LogP contribution is -2.16. The summed E-state index contributed by atoms with van der Waals surface area (Å²) in [5, 5.41) is 9.21. The van der Waals surface area contributed by atoms with E-state index in [9.17, 15) is 5.26 Å². The average molecular weight is 407 g/mol. The molecule has 0 heterocycles. The van der Waals surface area contributed by atoms with Gasteiger partial charge in [-0.2, -0.15) is 5.26 Å². The molecule has 0 amide bonds. The molecule has 5 heteroatoms. The highest BCUT2D eigenvalue weighted by Crippen LogP contribution is 2.40. The number of hydrogen-bond donors (Lipinski definition) is 0. The van der Waals surface area contributed by atoms with Crippen molar-refractivity contribution < 1.29 is 0 Å². The van der Waals surface area contributed by atoms with Crippen molar-refractivity contribution in [2.45, 2.75) is 13.3 Å². The summed E-state index contributed by atoms with van der Waals surface area (Å²) in [7, 11) is 0.656. The minimum absolute atomic E-state index is 0.196. The predicted octanol–water partition coefficient (Wildman–Crippen LogP) is 5.04. The third-order valence-electron chi connectivity index (χ3n) is 2.55. The fourth-order valence-electron chi connectivity index (χ4n) is 1.29. The van der Waals surface area contributed by atoms with E-state index in [4.69, 9.17) is 12.2 Å². The molecular formula is C13H15INPS2. The molecule has 2 atom stereocenters. The van der Waals surface area contributed by atoms with E-state index in [0.29, 0.717) is 7.78 Å². The highest BCUT2D eigenvalue weighted by molar-refractivity contribution is 14.1. The first-order valence-corrected chi connectivity index (χ1v) is 10.3. The van der Waals surface area contributed by atoms with Gasteiger partial charge in [-0.3, -0.25) is 0 Å². The van der Waals surface area contributed by atoms with Crippen LogP contribution in [0.3, 0.4) is 0 Å². The van der Waals surface area contributed by atoms with Gasteiger partial charge in [-0.1, -0.05) is 84.3 Å². The van der Waals surface area contributed by atoms with Gasteiger partial charge in [-0.25, -0.2) is 0 Å². The third-order valence-corrected chi connectivity index (χ3v) is 6.99. The summed E-state index contributed by atoms with van der Waals surface area (Å²) in [6.45, 7) is 2.05. The summed E-state index contributed by atoms with van der Waals surface area (Å²) in [6.07, 6.45) is 1.87. The van der Waals surface area contributed by atoms with Gasteiger partial charge >= 0.3 is 0 Å². The van der Waals surface area contributed by atoms with Crippen LogP contribution in [-0.2, 0) is 0 Å². The van der Waals surface area contributed by atoms with E-state index in [1.54, 1.807) is 11.4 Å². The van der Waals surface area contributed by atoms with Crippen LogP contribution in [0.1, 0.15) is 18.9 Å². The third kappa shape index (κ3) is 5.52. The average Bonchev–Trinajstić information content (AvgIpc) is 2.40. The highest BCUT2D eigenvalue weighted by atomic mass is 127. The minimum Gasteiger partial charge on any atom is -0.198 e. The monoisotopic (exact) mass is 407 g/mol. The second-order valence-corrected chi connectivity index (χ2v) is 8.67. The van der Waals surface area contributed by atoms with Crippen LogP contribution >= 0.6 is 54.0 Å². The van der Waals surface area contributed by atoms with Crippen molar-refractivity contribution in [3.05, 3.63) is 35.9 Å². The Bertz CT molecular complexity index is 432. The Morgan fingerprint density at radius 2 is 2.17 bits per heavy atom. The number of nitrogens with zero attached hydrogens (tertiary/aromatic N) is 1. The van der Waals surface area contributed by atoms with Gasteiger partial charge in [0.1, 0.15) is 0 Å². The molecule has 1 rings (SSSR count). The molecule has 0 saturated carbocycles. The SMILES string of the molecule is CC(C#N)(CCI)CPSC(=S)c1ccccc1. The Morgan fingerprint density at radius 1 is 1.50 bits per heavy atom. The standard InChI is InChI=1S/C13H15INPS2/c1-13(9-15,7-8-14)10-16-18-12(17)11-5-3-2-4-6-11/h2-6,16H,7-8,10H2,1H3. The van der Waals surface area contributed by atoms with Crippen LogP contribution < -0.4 is 0 Å². The molecule has 0 spiro atoms. The molecule has 1 nitrogen and oxygen atoms in total. The molecule has 0 aromatic heterocycles. The molecule has 0 aliphatic rings. The Hall–Kier alpha value is 0.310. The van der Waals surface area contributed by atoms with Gasteiger partial charge in [0.05, 0.1) is 15.7 Å². The van der Waals surface area contributed by atoms with Gasteiger partial charge in [-0.15, -0.1) is 0 Å². The van der Waals surface area contributed by atoms with Crippen molar-refractivity contribution in [1.29, 1.82) is 5.26 Å². The van der Waals surface area contributed by atoms with E-state index >= 15 is 0 Å². The molecule has 96 valence electrons. The first-order valence-electron chi connectivity index (χ1n) is 5.57. The fourth-order valence-corrected chi connectivity index (χ4v) is 6.09. The zero-order chi connectivity index (χ0) is 13.4. The summed E-state index contributed by atoms with van der Waals surface area (Å²) in [5.41, 5.74) is 0.913. The predicted molar refractivity (Wildman–Crippen MR) is 96.1 cm³/mol. The quantitative estimate of drug-likeness (QED) is 0.286. The summed E-state index contributed by atoms with van der Waals surface area (Å²) >= 11 is 9.43. The van der Waals surface area contributed by atoms with Crippen LogP contribution in [0.2, 0.25) is 0 Å². The molecular weight excluding hydrogens is 392 g/mol. The number of thiocarbonyl (C=S) groups is 1. The van der Waals surface area contributed by atoms with Crippen molar-refractivity contribution in [3.8, 4) is 6.07 Å². The van der Waals surface area contributed by atoms with Crippen molar-refractivity contribution in [2.75, 3.05) is 10.6 Å². The normalized spacial score (nSPS) is 14.3. The van der Waals surface area contributed by atoms with Gasteiger partial charge in [0.2, 0.25) is 0 Å². The molecule has 1 aromatic carbocycles. The largest absolute Gasteiger partial charge is 0.198 e. The lowest BCUT2D eigenvalue weighted by Gasteiger charge is -2.19. The lowest BCUT2D eigenvalue weighted by atomic mass is 9.92. The Labute approximate surface area is 134 Å². The molecule has 2 unspecified atom stereocenters. The summed E-state index contributed by atoms with van der Waals surface area (Å²) in [5.74, 6) is 0. The van der Waals surface area contributed by atoms with E-state index in [0.717, 1.165) is 26.8 Å². The summed E-state index contributed by atoms with van der Waals surface area (Å²) in [4.78, 5) is 0. The van der Waals surface area contributed by atoms with Gasteiger partial charge in [0, 0.05) is 4.43 Å². The zero-order valence-electron chi connectivity index (χ0n) is 10.1. The number of hydrogen-bond acceptors (Lipinski definition) is 3. The zero-order valence-corrected chi connectivity index (χ0v) is 14.9. The number of nitriles is 1. The topological polar surface area (TPSA) is 23.8 Å². The second kappa shape index (κ2) is 8.47. The van der Waals surface area contributed by atoms with E-state index < -0.39 is 0 Å². The molecule has 0 aliphatic heterocycles. The van der Waals surface area contributed by atoms with Gasteiger partial charge in [0.15, 0.2) is 0 Å². The Morgan fingerprint density at radius 3 is 2.72 bits per heavy atom. The summed E-state index contributed by atoms with van der Waals surface area (Å²) < 4.78 is 1.96. The van der Waals surface area contributed by atoms with Crippen LogP contribution in [0.15, 0.2) is 30.3 Å². The summed E-state index contributed by atoms with van der Waals surface area (Å²) in [6, 6.07) is 12.5. The number of benzene rings is 1. The number of alkyl halides is 1. The molecule has 0 saturated heterocycles. The van der Waals surface area contributed by atoms with Crippen molar-refractivity contribution in [2.24, 2.45) is 5.41 Å². The van der Waals surface area contributed by atoms with Crippen molar-refractivity contribution in [3.63, 3.8) is 0 Å². The molecule has 18 heavy (non-hydrogen) atoms. The Kier molecular flexibility index (Phi) is 7.70. The molecule has 0 radical (unpaired) electrons. The minimum atomic E-state index is -0.196. The first kappa shape index (κ1) is 16.4. The van der Waals surface area contributed by atoms with Crippen LogP contribution in [0.25, 0.3) is 0 Å². The smallest absolute Gasteiger partial charge is 0.0817 e. The number of rotatable bonds is 6. The van der Waals surface area contributed by atoms with E-state index in [2.05, 4.69) is 28.7 Å². The maximum atomic E-state index is 9.21. The van der Waals surface area contributed by atoms with Gasteiger partial charge in [-0.05, 0) is 25.1 Å². The molecule has 0 N–H and O–H groups in total. The van der Waals surface area contributed by atoms with E-state index in [1.165, 1.54) is 0 Å². The molecule has 0 bridgehead atoms. The van der Waals surface area contributed by atoms with Crippen LogP contribution in [0.4, 0.5) is 0 Å². The molecule has 1 aromatic rings.